The van der Waals surface area contributed by atoms with Gasteiger partial charge in [-0.3, -0.25) is 0 Å². The van der Waals surface area contributed by atoms with Gasteiger partial charge in [0.2, 0.25) is 0 Å². The van der Waals surface area contributed by atoms with Gasteiger partial charge in [-0.25, -0.2) is 38.4 Å². The molecular weight excluding hydrogens is 616 g/mol. The number of hydrogen-bond acceptors (Lipinski definition) is 8. The summed E-state index contributed by atoms with van der Waals surface area (Å²) in [6.45, 7) is 0. The van der Waals surface area contributed by atoms with Crippen LogP contribution in [-0.4, -0.2) is 88.6 Å². The Morgan fingerprint density at radius 1 is 0.304 bits per heavy atom. The number of benzene rings is 4. The smallest absolute Gasteiger partial charge is 0.336 e. The van der Waals surface area contributed by atoms with Crippen molar-refractivity contribution in [2.75, 3.05) is 0 Å². The second kappa shape index (κ2) is 13.0. The minimum Gasteiger partial charge on any atom is -0.478 e. The zero-order valence-corrected chi connectivity index (χ0v) is 22.6. The molecule has 0 unspecified atom stereocenters. The van der Waals surface area contributed by atoms with E-state index in [1.54, 1.807) is 0 Å². The fourth-order valence-electron chi connectivity index (χ4n) is 4.29. The first-order valence-electron chi connectivity index (χ1n) is 12.2. The van der Waals surface area contributed by atoms with Crippen LogP contribution in [0.4, 0.5) is 0 Å². The van der Waals surface area contributed by atoms with Gasteiger partial charge in [0.15, 0.2) is 0 Å². The normalized spacial score (nSPS) is 10.3. The van der Waals surface area contributed by atoms with Gasteiger partial charge in [-0.05, 0) is 71.8 Å². The van der Waals surface area contributed by atoms with Crippen LogP contribution < -0.4 is 0 Å². The van der Waals surface area contributed by atoms with Gasteiger partial charge in [-0.15, -0.1) is 0 Å². The van der Waals surface area contributed by atoms with Crippen molar-refractivity contribution in [3.63, 3.8) is 0 Å². The highest BCUT2D eigenvalue weighted by Gasteiger charge is 2.25. The van der Waals surface area contributed by atoms with Gasteiger partial charge in [0, 0.05) is 10.8 Å². The van der Waals surface area contributed by atoms with Crippen LogP contribution in [0.3, 0.4) is 0 Å². The van der Waals surface area contributed by atoms with Gasteiger partial charge in [-0.2, -0.15) is 0 Å². The van der Waals surface area contributed by atoms with E-state index in [1.807, 2.05) is 0 Å². The number of hydrogen-bond donors (Lipinski definition) is 8. The third-order valence-electron chi connectivity index (χ3n) is 6.27. The highest BCUT2D eigenvalue weighted by molar-refractivity contribution is 6.21. The molecule has 0 amide bonds. The van der Waals surface area contributed by atoms with Gasteiger partial charge >= 0.3 is 47.8 Å². The molecule has 4 aromatic rings. The van der Waals surface area contributed by atoms with Crippen molar-refractivity contribution in [2.24, 2.45) is 0 Å². The molecule has 0 aliphatic rings. The molecule has 0 atom stereocenters. The molecule has 4 aromatic carbocycles. The van der Waals surface area contributed by atoms with Crippen LogP contribution in [0.15, 0.2) is 60.7 Å². The van der Waals surface area contributed by atoms with E-state index >= 15 is 0 Å². The summed E-state index contributed by atoms with van der Waals surface area (Å²) in [7, 11) is 0. The van der Waals surface area contributed by atoms with Crippen LogP contribution in [0.1, 0.15) is 82.9 Å². The summed E-state index contributed by atoms with van der Waals surface area (Å²) in [4.78, 5) is 89.6. The lowest BCUT2D eigenvalue weighted by Crippen LogP contribution is -2.11. The van der Waals surface area contributed by atoms with Crippen molar-refractivity contribution in [3.8, 4) is 11.1 Å². The molecule has 0 aliphatic carbocycles. The maximum absolute atomic E-state index is 11.3. The van der Waals surface area contributed by atoms with E-state index in [0.717, 1.165) is 60.7 Å². The first-order chi connectivity index (χ1) is 21.4. The number of carbonyl (C=O) groups is 8. The highest BCUT2D eigenvalue weighted by Crippen LogP contribution is 2.31. The molecule has 0 saturated heterocycles. The van der Waals surface area contributed by atoms with Crippen molar-refractivity contribution in [3.05, 3.63) is 105 Å². The number of fused-ring (bicyclic) bond motifs is 1. The molecule has 0 heterocycles. The van der Waals surface area contributed by atoms with Gasteiger partial charge in [0.25, 0.3) is 0 Å². The summed E-state index contributed by atoms with van der Waals surface area (Å²) in [5, 5.41) is 72.0. The van der Waals surface area contributed by atoms with Crippen molar-refractivity contribution < 1.29 is 79.2 Å². The van der Waals surface area contributed by atoms with Crippen LogP contribution in [-0.2, 0) is 0 Å². The average Bonchev–Trinajstić information content (AvgIpc) is 2.99. The number of carboxylic acid groups (broad SMARTS) is 8. The van der Waals surface area contributed by atoms with Crippen molar-refractivity contribution in [1.82, 2.24) is 0 Å². The lowest BCUT2D eigenvalue weighted by Gasteiger charge is -2.11. The van der Waals surface area contributed by atoms with Gasteiger partial charge < -0.3 is 40.9 Å². The Balaban J connectivity index is 0.000000251. The molecule has 16 nitrogen and oxygen atoms in total. The summed E-state index contributed by atoms with van der Waals surface area (Å²) in [5.41, 5.74) is -3.05. The van der Waals surface area contributed by atoms with Gasteiger partial charge in [0.05, 0.1) is 44.5 Å². The Labute approximate surface area is 254 Å². The summed E-state index contributed by atoms with van der Waals surface area (Å²) >= 11 is 0. The molecule has 4 rings (SSSR count). The standard InChI is InChI=1S/C16H10O8.C14H8O8/c17-13(18)9-1-7(2-10(5-9)14(19)20)8-3-11(15(21)22)6-12(4-8)16(23)24;15-11(16)5-1-2-6(12(17)18)10-8(14(21)22)4-3-7(9(5)10)13(19)20/h1-6H,(H,17,18)(H,19,20)(H,21,22)(H,23,24);1-4H,(H,15,16)(H,17,18)(H,19,20)(H,21,22). The predicted octanol–water partition coefficient (Wildman–Crippen LogP) is 3.78. The molecule has 46 heavy (non-hydrogen) atoms. The SMILES string of the molecule is O=C(O)c1cc(C(=O)O)cc(-c2cc(C(=O)O)cc(C(=O)O)c2)c1.O=C(O)c1ccc(C(=O)O)c2c(C(=O)O)ccc(C(=O)O)c12. The van der Waals surface area contributed by atoms with Crippen LogP contribution >= 0.6 is 0 Å². The Morgan fingerprint density at radius 2 is 0.500 bits per heavy atom. The first-order valence-corrected chi connectivity index (χ1v) is 12.2. The Bertz CT molecular complexity index is 1750. The average molecular weight is 634 g/mol. The van der Waals surface area contributed by atoms with E-state index in [9.17, 15) is 38.4 Å². The van der Waals surface area contributed by atoms with E-state index in [0.29, 0.717) is 0 Å². The van der Waals surface area contributed by atoms with Crippen molar-refractivity contribution in [1.29, 1.82) is 0 Å². The summed E-state index contributed by atoms with van der Waals surface area (Å²) in [5.74, 6) is -11.4. The highest BCUT2D eigenvalue weighted by atomic mass is 16.4. The van der Waals surface area contributed by atoms with E-state index in [2.05, 4.69) is 0 Å². The van der Waals surface area contributed by atoms with E-state index < -0.39 is 80.8 Å². The van der Waals surface area contributed by atoms with E-state index in [4.69, 9.17) is 40.9 Å². The van der Waals surface area contributed by atoms with Gasteiger partial charge in [0.1, 0.15) is 0 Å². The number of carboxylic acids is 8. The van der Waals surface area contributed by atoms with Crippen molar-refractivity contribution in [2.45, 2.75) is 0 Å². The van der Waals surface area contributed by atoms with Crippen LogP contribution in [0, 0.1) is 0 Å². The molecule has 0 saturated carbocycles. The zero-order valence-electron chi connectivity index (χ0n) is 22.6. The molecule has 8 N–H and O–H groups in total. The molecule has 0 radical (unpaired) electrons. The summed E-state index contributed by atoms with van der Waals surface area (Å²) < 4.78 is 0. The number of aromatic carboxylic acids is 8. The minimum absolute atomic E-state index is 0.0814. The summed E-state index contributed by atoms with van der Waals surface area (Å²) in [6.07, 6.45) is 0. The third-order valence-corrected chi connectivity index (χ3v) is 6.27. The molecule has 0 aromatic heterocycles. The topological polar surface area (TPSA) is 298 Å². The van der Waals surface area contributed by atoms with E-state index in [-0.39, 0.29) is 33.4 Å². The predicted molar refractivity (Wildman–Crippen MR) is 152 cm³/mol. The lowest BCUT2D eigenvalue weighted by atomic mass is 9.91. The second-order valence-electron chi connectivity index (χ2n) is 9.11. The maximum atomic E-state index is 11.3. The molecule has 16 heteroatoms. The largest absolute Gasteiger partial charge is 0.478 e. The Hall–Kier alpha value is -7.10. The fraction of sp³-hybridized carbons (Fsp3) is 0. The zero-order chi connectivity index (χ0) is 34.6. The fourth-order valence-corrected chi connectivity index (χ4v) is 4.29. The van der Waals surface area contributed by atoms with Crippen LogP contribution in [0.5, 0.6) is 0 Å². The monoisotopic (exact) mass is 634 g/mol. The third kappa shape index (κ3) is 6.92. The van der Waals surface area contributed by atoms with Crippen LogP contribution in [0.2, 0.25) is 0 Å². The molecule has 0 spiro atoms. The van der Waals surface area contributed by atoms with Gasteiger partial charge in [-0.1, -0.05) is 0 Å². The molecular formula is C30H18O16. The number of rotatable bonds is 9. The molecule has 0 fully saturated rings. The van der Waals surface area contributed by atoms with Crippen molar-refractivity contribution >= 4 is 58.5 Å². The maximum Gasteiger partial charge on any atom is 0.336 e. The Kier molecular flexibility index (Phi) is 9.47. The minimum atomic E-state index is -1.49. The lowest BCUT2D eigenvalue weighted by molar-refractivity contribution is 0.0675. The second-order valence-corrected chi connectivity index (χ2v) is 9.11. The molecule has 0 bridgehead atoms. The van der Waals surface area contributed by atoms with Crippen LogP contribution in [0.25, 0.3) is 21.9 Å². The molecule has 234 valence electrons. The molecule has 0 aliphatic heterocycles. The Morgan fingerprint density at radius 3 is 0.652 bits per heavy atom. The summed E-state index contributed by atoms with van der Waals surface area (Å²) in [6, 6.07) is 10.2. The van der Waals surface area contributed by atoms with E-state index in [1.165, 1.54) is 0 Å². The first kappa shape index (κ1) is 33.4. The quantitative estimate of drug-likeness (QED) is 0.130.